The lowest BCUT2D eigenvalue weighted by atomic mass is 9.94. The molecule has 0 fully saturated rings. The second-order valence-corrected chi connectivity index (χ2v) is 7.98. The molecule has 4 nitrogen and oxygen atoms in total. The fourth-order valence-electron chi connectivity index (χ4n) is 3.81. The fourth-order valence-corrected chi connectivity index (χ4v) is 3.81. The molecule has 0 aliphatic rings. The fraction of sp³-hybridized carbons (Fsp3) is 0.370. The Morgan fingerprint density at radius 3 is 2.22 bits per heavy atom. The van der Waals surface area contributed by atoms with E-state index in [9.17, 15) is 4.39 Å². The Balaban J connectivity index is 2.04. The highest BCUT2D eigenvalue weighted by Crippen LogP contribution is 2.35. The normalized spacial score (nSPS) is 11.0. The molecule has 1 heterocycles. The molecular formula is C27H32FNO3. The van der Waals surface area contributed by atoms with Crippen molar-refractivity contribution in [2.45, 2.75) is 60.2 Å². The van der Waals surface area contributed by atoms with Gasteiger partial charge in [-0.2, -0.15) is 0 Å². The smallest absolute Gasteiger partial charge is 0.163 e. The summed E-state index contributed by atoms with van der Waals surface area (Å²) >= 11 is 0. The molecule has 3 rings (SSSR count). The van der Waals surface area contributed by atoms with Crippen LogP contribution in [-0.2, 0) is 19.4 Å². The van der Waals surface area contributed by atoms with Crippen molar-refractivity contribution in [2.75, 3.05) is 7.11 Å². The average molecular weight is 438 g/mol. The average Bonchev–Trinajstić information content (AvgIpc) is 2.77. The van der Waals surface area contributed by atoms with Crippen molar-refractivity contribution in [2.24, 2.45) is 0 Å². The molecule has 0 saturated heterocycles. The summed E-state index contributed by atoms with van der Waals surface area (Å²) in [5.74, 6) is 1.19. The lowest BCUT2D eigenvalue weighted by molar-refractivity contribution is 0.227. The summed E-state index contributed by atoms with van der Waals surface area (Å²) < 4.78 is 31.0. The Kier molecular flexibility index (Phi) is 7.73. The Labute approximate surface area is 190 Å². The zero-order valence-corrected chi connectivity index (χ0v) is 19.8. The van der Waals surface area contributed by atoms with Crippen LogP contribution in [0.4, 0.5) is 4.39 Å². The van der Waals surface area contributed by atoms with Gasteiger partial charge < -0.3 is 14.2 Å². The zero-order valence-electron chi connectivity index (χ0n) is 19.8. The monoisotopic (exact) mass is 437 g/mol. The third-order valence-corrected chi connectivity index (χ3v) is 5.41. The first kappa shape index (κ1) is 23.6. The summed E-state index contributed by atoms with van der Waals surface area (Å²) in [6, 6.07) is 12.7. The minimum atomic E-state index is -0.374. The Bertz CT molecular complexity index is 1060. The van der Waals surface area contributed by atoms with E-state index in [4.69, 9.17) is 19.2 Å². The molecular weight excluding hydrogens is 405 g/mol. The third kappa shape index (κ3) is 5.21. The molecule has 0 bridgehead atoms. The highest BCUT2D eigenvalue weighted by molar-refractivity contribution is 5.70. The van der Waals surface area contributed by atoms with Crippen molar-refractivity contribution in [3.05, 3.63) is 70.7 Å². The second-order valence-electron chi connectivity index (χ2n) is 7.98. The van der Waals surface area contributed by atoms with E-state index in [1.54, 1.807) is 6.07 Å². The number of methoxy groups -OCH3 is 1. The molecule has 32 heavy (non-hydrogen) atoms. The number of hydrogen-bond donors (Lipinski definition) is 0. The molecule has 0 N–H and O–H groups in total. The SMILES string of the molecule is CCc1cccc(CC)c1-c1cc(OC(C)C)c(COc2ccc(F)cc2OC)c(C)n1. The standard InChI is InChI=1S/C27H32FNO3/c1-7-19-10-9-11-20(8-2)27(19)23-15-25(32-17(3)4)22(18(5)29-23)16-31-24-13-12-21(28)14-26(24)30-6/h9-15,17H,7-8,16H2,1-6H3. The molecule has 170 valence electrons. The van der Waals surface area contributed by atoms with Crippen molar-refractivity contribution in [3.63, 3.8) is 0 Å². The second kappa shape index (κ2) is 10.5. The molecule has 0 radical (unpaired) electrons. The summed E-state index contributed by atoms with van der Waals surface area (Å²) in [7, 11) is 1.49. The van der Waals surface area contributed by atoms with Gasteiger partial charge in [0.25, 0.3) is 0 Å². The van der Waals surface area contributed by atoms with Gasteiger partial charge in [0.15, 0.2) is 11.5 Å². The Hall–Kier alpha value is -3.08. The first-order valence-corrected chi connectivity index (χ1v) is 11.1. The minimum absolute atomic E-state index is 0.00387. The molecule has 0 atom stereocenters. The van der Waals surface area contributed by atoms with Gasteiger partial charge in [-0.3, -0.25) is 4.98 Å². The van der Waals surface area contributed by atoms with Crippen LogP contribution in [0.15, 0.2) is 42.5 Å². The van der Waals surface area contributed by atoms with Crippen LogP contribution >= 0.6 is 0 Å². The zero-order chi connectivity index (χ0) is 23.3. The van der Waals surface area contributed by atoms with Crippen LogP contribution in [0.5, 0.6) is 17.2 Å². The largest absolute Gasteiger partial charge is 0.493 e. The summed E-state index contributed by atoms with van der Waals surface area (Å²) in [5, 5.41) is 0. The molecule has 2 aromatic carbocycles. The highest BCUT2D eigenvalue weighted by atomic mass is 19.1. The van der Waals surface area contributed by atoms with Gasteiger partial charge in [-0.25, -0.2) is 4.39 Å². The molecule has 0 aliphatic carbocycles. The van der Waals surface area contributed by atoms with E-state index in [2.05, 4.69) is 32.0 Å². The predicted molar refractivity (Wildman–Crippen MR) is 126 cm³/mol. The van der Waals surface area contributed by atoms with Crippen LogP contribution in [0, 0.1) is 12.7 Å². The topological polar surface area (TPSA) is 40.6 Å². The van der Waals surface area contributed by atoms with Crippen LogP contribution < -0.4 is 14.2 Å². The molecule has 0 unspecified atom stereocenters. The first-order valence-electron chi connectivity index (χ1n) is 11.1. The van der Waals surface area contributed by atoms with Gasteiger partial charge in [0.1, 0.15) is 18.2 Å². The van der Waals surface area contributed by atoms with E-state index < -0.39 is 0 Å². The molecule has 0 saturated carbocycles. The molecule has 0 amide bonds. The number of nitrogens with zero attached hydrogens (tertiary/aromatic N) is 1. The van der Waals surface area contributed by atoms with Crippen molar-refractivity contribution >= 4 is 0 Å². The molecule has 3 aromatic rings. The molecule has 1 aromatic heterocycles. The number of rotatable bonds is 9. The lowest BCUT2D eigenvalue weighted by Gasteiger charge is -2.20. The number of ether oxygens (including phenoxy) is 3. The quantitative estimate of drug-likeness (QED) is 0.374. The molecule has 0 spiro atoms. The van der Waals surface area contributed by atoms with Crippen molar-refractivity contribution < 1.29 is 18.6 Å². The van der Waals surface area contributed by atoms with Crippen LogP contribution in [-0.4, -0.2) is 18.2 Å². The van der Waals surface area contributed by atoms with Crippen LogP contribution in [0.25, 0.3) is 11.3 Å². The maximum Gasteiger partial charge on any atom is 0.163 e. The number of aryl methyl sites for hydroxylation is 3. The van der Waals surface area contributed by atoms with E-state index >= 15 is 0 Å². The van der Waals surface area contributed by atoms with Gasteiger partial charge in [-0.15, -0.1) is 0 Å². The molecule has 0 aliphatic heterocycles. The predicted octanol–water partition coefficient (Wildman–Crippen LogP) is 6.70. The van der Waals surface area contributed by atoms with Gasteiger partial charge in [0, 0.05) is 23.4 Å². The van der Waals surface area contributed by atoms with E-state index in [1.807, 2.05) is 26.8 Å². The number of aromatic nitrogens is 1. The van der Waals surface area contributed by atoms with Crippen LogP contribution in [0.1, 0.15) is 50.1 Å². The van der Waals surface area contributed by atoms with Crippen molar-refractivity contribution in [1.82, 2.24) is 4.98 Å². The maximum absolute atomic E-state index is 13.5. The van der Waals surface area contributed by atoms with Gasteiger partial charge in [0.05, 0.1) is 24.5 Å². The number of hydrogen-bond acceptors (Lipinski definition) is 4. The van der Waals surface area contributed by atoms with E-state index in [0.29, 0.717) is 11.5 Å². The van der Waals surface area contributed by atoms with E-state index in [0.717, 1.165) is 35.5 Å². The van der Waals surface area contributed by atoms with Crippen LogP contribution in [0.2, 0.25) is 0 Å². The summed E-state index contributed by atoms with van der Waals surface area (Å²) in [6.45, 7) is 10.5. The summed E-state index contributed by atoms with van der Waals surface area (Å²) in [5.41, 5.74) is 6.34. The number of halogens is 1. The maximum atomic E-state index is 13.5. The third-order valence-electron chi connectivity index (χ3n) is 5.41. The van der Waals surface area contributed by atoms with Crippen LogP contribution in [0.3, 0.4) is 0 Å². The highest BCUT2D eigenvalue weighted by Gasteiger charge is 2.18. The van der Waals surface area contributed by atoms with Gasteiger partial charge in [0.2, 0.25) is 0 Å². The van der Waals surface area contributed by atoms with Crippen molar-refractivity contribution in [1.29, 1.82) is 0 Å². The van der Waals surface area contributed by atoms with E-state index in [1.165, 1.54) is 35.9 Å². The first-order chi connectivity index (χ1) is 15.4. The van der Waals surface area contributed by atoms with Gasteiger partial charge in [-0.1, -0.05) is 32.0 Å². The summed E-state index contributed by atoms with van der Waals surface area (Å²) in [6.07, 6.45) is 1.86. The van der Waals surface area contributed by atoms with Gasteiger partial charge in [-0.05, 0) is 56.9 Å². The van der Waals surface area contributed by atoms with E-state index in [-0.39, 0.29) is 18.5 Å². The molecule has 5 heteroatoms. The number of benzene rings is 2. The van der Waals surface area contributed by atoms with Crippen molar-refractivity contribution in [3.8, 4) is 28.5 Å². The lowest BCUT2D eigenvalue weighted by Crippen LogP contribution is -2.12. The van der Waals surface area contributed by atoms with Gasteiger partial charge >= 0.3 is 0 Å². The Morgan fingerprint density at radius 2 is 1.62 bits per heavy atom. The number of pyridine rings is 1. The summed E-state index contributed by atoms with van der Waals surface area (Å²) in [4.78, 5) is 4.95. The minimum Gasteiger partial charge on any atom is -0.493 e. The Morgan fingerprint density at radius 1 is 0.938 bits per heavy atom.